The first kappa shape index (κ1) is 22.0. The zero-order valence-electron chi connectivity index (χ0n) is 17.4. The smallest absolute Gasteiger partial charge is 0.229 e. The molecule has 0 saturated carbocycles. The maximum absolute atomic E-state index is 14.2. The zero-order valence-corrected chi connectivity index (χ0v) is 19.0. The van der Waals surface area contributed by atoms with Crippen LogP contribution in [0.3, 0.4) is 0 Å². The molecule has 8 heteroatoms. The molecule has 0 amide bonds. The van der Waals surface area contributed by atoms with Crippen LogP contribution in [0.2, 0.25) is 0 Å². The minimum absolute atomic E-state index is 0.0835. The van der Waals surface area contributed by atoms with Gasteiger partial charge in [-0.2, -0.15) is 0 Å². The molecule has 4 aromatic carbocycles. The predicted molar refractivity (Wildman–Crippen MR) is 133 cm³/mol. The largest absolute Gasteiger partial charge is 0.359 e. The fourth-order valence-corrected chi connectivity index (χ4v) is 4.37. The molecule has 4 aromatic rings. The molecule has 0 spiro atoms. The molecule has 5 nitrogen and oxygen atoms in total. The summed E-state index contributed by atoms with van der Waals surface area (Å²) in [7, 11) is -3.54. The summed E-state index contributed by atoms with van der Waals surface area (Å²) in [6.07, 6.45) is 0.977. The van der Waals surface area contributed by atoms with Gasteiger partial charge in [-0.25, -0.2) is 12.8 Å². The third-order valence-corrected chi connectivity index (χ3v) is 5.97. The predicted octanol–water partition coefficient (Wildman–Crippen LogP) is 4.67. The number of rotatable bonds is 6. The van der Waals surface area contributed by atoms with Crippen LogP contribution in [-0.2, 0) is 23.1 Å². The zero-order chi connectivity index (χ0) is 22.7. The van der Waals surface area contributed by atoms with E-state index in [0.717, 1.165) is 22.6 Å². The van der Waals surface area contributed by atoms with Gasteiger partial charge in [0.15, 0.2) is 5.11 Å². The topological polar surface area (TPSA) is 70.2 Å². The summed E-state index contributed by atoms with van der Waals surface area (Å²) in [4.78, 5) is 0. The van der Waals surface area contributed by atoms with Crippen LogP contribution in [0.5, 0.6) is 0 Å². The normalized spacial score (nSPS) is 11.4. The van der Waals surface area contributed by atoms with Gasteiger partial charge in [-0.1, -0.05) is 54.6 Å². The molecule has 0 aromatic heterocycles. The van der Waals surface area contributed by atoms with Gasteiger partial charge < -0.3 is 10.6 Å². The Morgan fingerprint density at radius 1 is 0.875 bits per heavy atom. The second-order valence-corrected chi connectivity index (χ2v) is 9.68. The Morgan fingerprint density at radius 2 is 1.47 bits per heavy atom. The maximum Gasteiger partial charge on any atom is 0.229 e. The molecule has 4 rings (SSSR count). The summed E-state index contributed by atoms with van der Waals surface area (Å²) in [5.74, 6) is -0.643. The highest BCUT2D eigenvalue weighted by molar-refractivity contribution is 7.92. The molecule has 164 valence electrons. The molecule has 3 N–H and O–H groups in total. The first-order valence-corrected chi connectivity index (χ1v) is 12.3. The van der Waals surface area contributed by atoms with Gasteiger partial charge in [-0.05, 0) is 63.1 Å². The first-order chi connectivity index (χ1) is 15.3. The highest BCUT2D eigenvalue weighted by Gasteiger charge is 2.10. The van der Waals surface area contributed by atoms with Crippen molar-refractivity contribution in [2.24, 2.45) is 0 Å². The Balaban J connectivity index is 1.45. The van der Waals surface area contributed by atoms with Gasteiger partial charge >= 0.3 is 0 Å². The van der Waals surface area contributed by atoms with E-state index in [2.05, 4.69) is 45.7 Å². The van der Waals surface area contributed by atoms with Gasteiger partial charge in [-0.15, -0.1) is 0 Å². The maximum atomic E-state index is 14.2. The summed E-state index contributed by atoms with van der Waals surface area (Å²) in [5, 5.41) is 11.4. The second-order valence-electron chi connectivity index (χ2n) is 7.52. The fraction of sp³-hybridized carbons (Fsp3) is 0.125. The highest BCUT2D eigenvalue weighted by atomic mass is 32.2. The van der Waals surface area contributed by atoms with Gasteiger partial charge in [0.05, 0.1) is 11.9 Å². The van der Waals surface area contributed by atoms with E-state index in [1.807, 2.05) is 24.3 Å². The molecular weight excluding hydrogens is 445 g/mol. The number of halogens is 1. The molecule has 0 atom stereocenters. The Morgan fingerprint density at radius 3 is 2.06 bits per heavy atom. The average Bonchev–Trinajstić information content (AvgIpc) is 2.76. The van der Waals surface area contributed by atoms with Crippen molar-refractivity contribution in [1.29, 1.82) is 0 Å². The van der Waals surface area contributed by atoms with Crippen molar-refractivity contribution in [3.05, 3.63) is 89.7 Å². The number of nitrogens with one attached hydrogen (secondary N) is 3. The van der Waals surface area contributed by atoms with Gasteiger partial charge in [0.25, 0.3) is 0 Å². The lowest BCUT2D eigenvalue weighted by Gasteiger charge is -2.15. The third-order valence-electron chi connectivity index (χ3n) is 5.09. The monoisotopic (exact) mass is 467 g/mol. The Kier molecular flexibility index (Phi) is 6.25. The first-order valence-electron chi connectivity index (χ1n) is 9.97. The van der Waals surface area contributed by atoms with E-state index < -0.39 is 15.8 Å². The quantitative estimate of drug-likeness (QED) is 0.284. The van der Waals surface area contributed by atoms with Crippen LogP contribution in [0.25, 0.3) is 21.5 Å². The van der Waals surface area contributed by atoms with Crippen LogP contribution in [0, 0.1) is 5.82 Å². The second kappa shape index (κ2) is 9.10. The number of thiocarbonyl (C=S) groups is 1. The number of sulfonamides is 1. The molecule has 0 aliphatic rings. The molecular formula is C24H22FN3O2S2. The van der Waals surface area contributed by atoms with Crippen LogP contribution < -0.4 is 15.4 Å². The molecule has 32 heavy (non-hydrogen) atoms. The van der Waals surface area contributed by atoms with Crippen molar-refractivity contribution in [2.45, 2.75) is 13.1 Å². The molecule has 0 heterocycles. The summed E-state index contributed by atoms with van der Waals surface area (Å²) in [5.41, 5.74) is 1.71. The third kappa shape index (κ3) is 5.15. The number of anilines is 1. The van der Waals surface area contributed by atoms with Gasteiger partial charge in [-0.3, -0.25) is 4.72 Å². The van der Waals surface area contributed by atoms with Crippen LogP contribution in [0.4, 0.5) is 10.1 Å². The molecule has 0 fully saturated rings. The number of fused-ring (bicyclic) bond motifs is 2. The van der Waals surface area contributed by atoms with E-state index in [1.54, 1.807) is 6.07 Å². The van der Waals surface area contributed by atoms with Crippen LogP contribution in [0.15, 0.2) is 72.8 Å². The van der Waals surface area contributed by atoms with Crippen LogP contribution >= 0.6 is 12.2 Å². The summed E-state index contributed by atoms with van der Waals surface area (Å²) in [6.45, 7) is 0.845. The van der Waals surface area contributed by atoms with Gasteiger partial charge in [0.2, 0.25) is 10.0 Å². The number of benzene rings is 4. The van der Waals surface area contributed by atoms with Crippen molar-refractivity contribution in [3.63, 3.8) is 0 Å². The molecule has 0 aliphatic carbocycles. The minimum atomic E-state index is -3.54. The molecule has 0 saturated heterocycles. The highest BCUT2D eigenvalue weighted by Crippen LogP contribution is 2.28. The van der Waals surface area contributed by atoms with Crippen molar-refractivity contribution < 1.29 is 12.8 Å². The fourth-order valence-electron chi connectivity index (χ4n) is 3.66. The average molecular weight is 468 g/mol. The van der Waals surface area contributed by atoms with E-state index in [-0.39, 0.29) is 5.69 Å². The lowest BCUT2D eigenvalue weighted by Crippen LogP contribution is -2.34. The standard InChI is InChI=1S/C24H22FN3O2S2/c1-32(29,30)28-23-11-10-16(12-22(23)25)14-26-24(31)27-15-21-19-8-4-2-6-17(19)13-18-7-3-5-9-20(18)21/h2-13,28H,14-15H2,1H3,(H2,26,27,31). The van der Waals surface area contributed by atoms with E-state index >= 15 is 0 Å². The van der Waals surface area contributed by atoms with Crippen molar-refractivity contribution in [3.8, 4) is 0 Å². The van der Waals surface area contributed by atoms with Crippen LogP contribution in [0.1, 0.15) is 11.1 Å². The molecule has 0 radical (unpaired) electrons. The SMILES string of the molecule is CS(=O)(=O)Nc1ccc(CNC(=S)NCc2c3ccccc3cc3ccccc23)cc1F. The number of hydrogen-bond acceptors (Lipinski definition) is 3. The van der Waals surface area contributed by atoms with Crippen LogP contribution in [-0.4, -0.2) is 19.8 Å². The van der Waals surface area contributed by atoms with E-state index in [0.29, 0.717) is 23.8 Å². The van der Waals surface area contributed by atoms with Crippen molar-refractivity contribution >= 4 is 54.6 Å². The Labute approximate surface area is 191 Å². The summed E-state index contributed by atoms with van der Waals surface area (Å²) >= 11 is 5.42. The lowest BCUT2D eigenvalue weighted by atomic mass is 9.97. The van der Waals surface area contributed by atoms with E-state index in [9.17, 15) is 12.8 Å². The van der Waals surface area contributed by atoms with E-state index in [4.69, 9.17) is 12.2 Å². The summed E-state index contributed by atoms with van der Waals surface area (Å²) < 4.78 is 38.9. The molecule has 0 aliphatic heterocycles. The lowest BCUT2D eigenvalue weighted by molar-refractivity contribution is 0.603. The Bertz CT molecular complexity index is 1370. The van der Waals surface area contributed by atoms with Gasteiger partial charge in [0.1, 0.15) is 5.82 Å². The minimum Gasteiger partial charge on any atom is -0.359 e. The number of hydrogen-bond donors (Lipinski definition) is 3. The van der Waals surface area contributed by atoms with Gasteiger partial charge in [0, 0.05) is 13.1 Å². The van der Waals surface area contributed by atoms with Crippen molar-refractivity contribution in [1.82, 2.24) is 10.6 Å². The molecule has 0 unspecified atom stereocenters. The Hall–Kier alpha value is -3.23. The van der Waals surface area contributed by atoms with Crippen molar-refractivity contribution in [2.75, 3.05) is 11.0 Å². The molecule has 0 bridgehead atoms. The summed E-state index contributed by atoms with van der Waals surface area (Å²) in [6, 6.07) is 23.0. The van der Waals surface area contributed by atoms with E-state index in [1.165, 1.54) is 22.9 Å².